The molecule has 0 radical (unpaired) electrons. The summed E-state index contributed by atoms with van der Waals surface area (Å²) >= 11 is 0. The molecule has 2 amide bonds. The van der Waals surface area contributed by atoms with Crippen LogP contribution in [0, 0.1) is 13.8 Å². The molecular weight excluding hydrogens is 332 g/mol. The fraction of sp³-hybridized carbons (Fsp3) is 0.300. The molecule has 0 aliphatic carbocycles. The Morgan fingerprint density at radius 3 is 2.19 bits per heavy atom. The molecule has 6 heteroatoms. The maximum absolute atomic E-state index is 12.2. The Kier molecular flexibility index (Phi) is 7.02. The lowest BCUT2D eigenvalue weighted by Crippen LogP contribution is -2.49. The molecule has 0 fully saturated rings. The summed E-state index contributed by atoms with van der Waals surface area (Å²) in [5.41, 5.74) is 6.79. The van der Waals surface area contributed by atoms with Crippen molar-refractivity contribution in [2.45, 2.75) is 33.3 Å². The molecule has 138 valence electrons. The molecule has 0 heterocycles. The molecule has 0 aliphatic rings. The van der Waals surface area contributed by atoms with Crippen molar-refractivity contribution in [3.63, 3.8) is 0 Å². The van der Waals surface area contributed by atoms with Crippen molar-refractivity contribution in [2.24, 2.45) is 0 Å². The van der Waals surface area contributed by atoms with Crippen molar-refractivity contribution in [1.82, 2.24) is 10.9 Å². The van der Waals surface area contributed by atoms with Gasteiger partial charge in [-0.2, -0.15) is 0 Å². The SMILES string of the molecule is CCC(Oc1cccc(C)c1)C(=O)NNC(=O)COc1cccc(C)c1. The number of ether oxygens (including phenoxy) is 2. The van der Waals surface area contributed by atoms with Crippen molar-refractivity contribution < 1.29 is 19.1 Å². The highest BCUT2D eigenvalue weighted by molar-refractivity contribution is 5.85. The summed E-state index contributed by atoms with van der Waals surface area (Å²) in [5.74, 6) is 0.338. The third-order valence-corrected chi connectivity index (χ3v) is 3.62. The first kappa shape index (κ1) is 19.3. The van der Waals surface area contributed by atoms with Crippen LogP contribution in [-0.2, 0) is 9.59 Å². The van der Waals surface area contributed by atoms with Crippen LogP contribution < -0.4 is 20.3 Å². The lowest BCUT2D eigenvalue weighted by Gasteiger charge is -2.18. The second kappa shape index (κ2) is 9.46. The summed E-state index contributed by atoms with van der Waals surface area (Å²) in [7, 11) is 0. The van der Waals surface area contributed by atoms with E-state index >= 15 is 0 Å². The van der Waals surface area contributed by atoms with Gasteiger partial charge in [0, 0.05) is 0 Å². The summed E-state index contributed by atoms with van der Waals surface area (Å²) in [4.78, 5) is 24.0. The third-order valence-electron chi connectivity index (χ3n) is 3.62. The van der Waals surface area contributed by atoms with Gasteiger partial charge in [-0.15, -0.1) is 0 Å². The van der Waals surface area contributed by atoms with E-state index in [1.54, 1.807) is 12.1 Å². The van der Waals surface area contributed by atoms with Crippen LogP contribution in [0.5, 0.6) is 11.5 Å². The van der Waals surface area contributed by atoms with Gasteiger partial charge in [0.2, 0.25) is 0 Å². The molecule has 0 spiro atoms. The molecule has 0 aliphatic heterocycles. The van der Waals surface area contributed by atoms with E-state index in [-0.39, 0.29) is 6.61 Å². The standard InChI is InChI=1S/C20H24N2O4/c1-4-18(26-17-10-6-8-15(3)12-17)20(24)22-21-19(23)13-25-16-9-5-7-14(2)11-16/h5-12,18H,4,13H2,1-3H3,(H,21,23)(H,22,24). The fourth-order valence-corrected chi connectivity index (χ4v) is 2.28. The molecule has 2 rings (SSSR count). The highest BCUT2D eigenvalue weighted by Gasteiger charge is 2.19. The highest BCUT2D eigenvalue weighted by atomic mass is 16.5. The molecule has 6 nitrogen and oxygen atoms in total. The molecule has 0 saturated heterocycles. The second-order valence-corrected chi connectivity index (χ2v) is 5.97. The first-order valence-corrected chi connectivity index (χ1v) is 8.49. The zero-order valence-electron chi connectivity index (χ0n) is 15.2. The van der Waals surface area contributed by atoms with Gasteiger partial charge >= 0.3 is 0 Å². The predicted octanol–water partition coefficient (Wildman–Crippen LogP) is 2.69. The number of hydrogen-bond donors (Lipinski definition) is 2. The van der Waals surface area contributed by atoms with Gasteiger partial charge in [0.05, 0.1) is 0 Å². The highest BCUT2D eigenvalue weighted by Crippen LogP contribution is 2.15. The minimum absolute atomic E-state index is 0.195. The normalized spacial score (nSPS) is 11.3. The summed E-state index contributed by atoms with van der Waals surface area (Å²) in [6.07, 6.45) is -0.232. The number of aryl methyl sites for hydroxylation is 2. The van der Waals surface area contributed by atoms with Crippen molar-refractivity contribution in [3.8, 4) is 11.5 Å². The fourth-order valence-electron chi connectivity index (χ4n) is 2.28. The maximum atomic E-state index is 12.2. The van der Waals surface area contributed by atoms with Gasteiger partial charge in [0.1, 0.15) is 11.5 Å². The molecule has 0 saturated carbocycles. The topological polar surface area (TPSA) is 76.7 Å². The minimum Gasteiger partial charge on any atom is -0.484 e. The van der Waals surface area contributed by atoms with Gasteiger partial charge in [-0.1, -0.05) is 31.2 Å². The molecule has 0 aromatic heterocycles. The number of carbonyl (C=O) groups is 2. The lowest BCUT2D eigenvalue weighted by atomic mass is 10.2. The van der Waals surface area contributed by atoms with Crippen LogP contribution in [-0.4, -0.2) is 24.5 Å². The van der Waals surface area contributed by atoms with Crippen LogP contribution in [0.4, 0.5) is 0 Å². The van der Waals surface area contributed by atoms with Crippen molar-refractivity contribution in [3.05, 3.63) is 59.7 Å². The molecule has 2 N–H and O–H groups in total. The number of nitrogens with one attached hydrogen (secondary N) is 2. The molecular formula is C20H24N2O4. The van der Waals surface area contributed by atoms with E-state index in [4.69, 9.17) is 9.47 Å². The predicted molar refractivity (Wildman–Crippen MR) is 98.8 cm³/mol. The first-order chi connectivity index (χ1) is 12.5. The monoisotopic (exact) mass is 356 g/mol. The molecule has 2 aromatic rings. The van der Waals surface area contributed by atoms with Gasteiger partial charge < -0.3 is 9.47 Å². The first-order valence-electron chi connectivity index (χ1n) is 8.49. The molecule has 1 atom stereocenters. The Morgan fingerprint density at radius 2 is 1.58 bits per heavy atom. The Morgan fingerprint density at radius 1 is 0.962 bits per heavy atom. The Labute approximate surface area is 153 Å². The second-order valence-electron chi connectivity index (χ2n) is 5.97. The zero-order valence-corrected chi connectivity index (χ0v) is 15.2. The average Bonchev–Trinajstić information content (AvgIpc) is 2.62. The molecule has 26 heavy (non-hydrogen) atoms. The summed E-state index contributed by atoms with van der Waals surface area (Å²) in [6, 6.07) is 14.8. The van der Waals surface area contributed by atoms with E-state index < -0.39 is 17.9 Å². The van der Waals surface area contributed by atoms with Crippen LogP contribution in [0.25, 0.3) is 0 Å². The smallest absolute Gasteiger partial charge is 0.279 e. The summed E-state index contributed by atoms with van der Waals surface area (Å²) in [5, 5.41) is 0. The van der Waals surface area contributed by atoms with Gasteiger partial charge in [-0.05, 0) is 55.7 Å². The minimum atomic E-state index is -0.699. The lowest BCUT2D eigenvalue weighted by molar-refractivity contribution is -0.134. The van der Waals surface area contributed by atoms with E-state index in [0.29, 0.717) is 17.9 Å². The molecule has 0 bridgehead atoms. The van der Waals surface area contributed by atoms with E-state index in [2.05, 4.69) is 10.9 Å². The molecule has 2 aromatic carbocycles. The van der Waals surface area contributed by atoms with Crippen LogP contribution in [0.2, 0.25) is 0 Å². The van der Waals surface area contributed by atoms with E-state index in [1.165, 1.54) is 0 Å². The van der Waals surface area contributed by atoms with Crippen LogP contribution >= 0.6 is 0 Å². The largest absolute Gasteiger partial charge is 0.484 e. The summed E-state index contributed by atoms with van der Waals surface area (Å²) < 4.78 is 11.1. The maximum Gasteiger partial charge on any atom is 0.279 e. The van der Waals surface area contributed by atoms with Gasteiger partial charge in [-0.25, -0.2) is 0 Å². The Bertz CT molecular complexity index is 761. The van der Waals surface area contributed by atoms with Crippen molar-refractivity contribution >= 4 is 11.8 Å². The molecule has 1 unspecified atom stereocenters. The van der Waals surface area contributed by atoms with Crippen LogP contribution in [0.1, 0.15) is 24.5 Å². The quantitative estimate of drug-likeness (QED) is 0.748. The third kappa shape index (κ3) is 6.12. The average molecular weight is 356 g/mol. The van der Waals surface area contributed by atoms with Gasteiger partial charge in [0.25, 0.3) is 11.8 Å². The number of carbonyl (C=O) groups excluding carboxylic acids is 2. The number of hydrogen-bond acceptors (Lipinski definition) is 4. The van der Waals surface area contributed by atoms with Crippen molar-refractivity contribution in [1.29, 1.82) is 0 Å². The Balaban J connectivity index is 1.79. The number of hydrazine groups is 1. The van der Waals surface area contributed by atoms with E-state index in [1.807, 2.05) is 57.2 Å². The number of benzene rings is 2. The number of amides is 2. The van der Waals surface area contributed by atoms with Gasteiger partial charge in [0.15, 0.2) is 12.7 Å². The van der Waals surface area contributed by atoms with Crippen LogP contribution in [0.3, 0.4) is 0 Å². The van der Waals surface area contributed by atoms with Gasteiger partial charge in [-0.3, -0.25) is 20.4 Å². The number of rotatable bonds is 7. The van der Waals surface area contributed by atoms with Crippen LogP contribution in [0.15, 0.2) is 48.5 Å². The van der Waals surface area contributed by atoms with E-state index in [0.717, 1.165) is 11.1 Å². The van der Waals surface area contributed by atoms with Crippen molar-refractivity contribution in [2.75, 3.05) is 6.61 Å². The summed E-state index contributed by atoms with van der Waals surface area (Å²) in [6.45, 7) is 5.52. The zero-order chi connectivity index (χ0) is 18.9. The Hall–Kier alpha value is -3.02. The van der Waals surface area contributed by atoms with E-state index in [9.17, 15) is 9.59 Å².